The second-order valence-corrected chi connectivity index (χ2v) is 12.3. The molecule has 0 bridgehead atoms. The first kappa shape index (κ1) is 30.4. The summed E-state index contributed by atoms with van der Waals surface area (Å²) in [6.07, 6.45) is 5.10. The van der Waals surface area contributed by atoms with Gasteiger partial charge in [-0.05, 0) is 73.7 Å². The Morgan fingerprint density at radius 2 is 1.48 bits per heavy atom. The first-order chi connectivity index (χ1) is 21.0. The molecule has 226 valence electrons. The van der Waals surface area contributed by atoms with E-state index in [-0.39, 0.29) is 33.9 Å². The average molecular weight is 615 g/mol. The van der Waals surface area contributed by atoms with Gasteiger partial charge in [0, 0.05) is 50.0 Å². The first-order valence-electron chi connectivity index (χ1n) is 13.8. The summed E-state index contributed by atoms with van der Waals surface area (Å²) in [7, 11) is -3.27. The average Bonchev–Trinajstić information content (AvgIpc) is 3.02. The van der Waals surface area contributed by atoms with Crippen LogP contribution in [-0.2, 0) is 9.84 Å². The maximum Gasteiger partial charge on any atom is 0.272 e. The van der Waals surface area contributed by atoms with E-state index in [0.29, 0.717) is 54.6 Å². The topological polar surface area (TPSA) is 145 Å². The van der Waals surface area contributed by atoms with Crippen molar-refractivity contribution in [2.75, 3.05) is 24.7 Å². The van der Waals surface area contributed by atoms with Crippen LogP contribution in [0.25, 0.3) is 0 Å². The first-order valence-corrected chi connectivity index (χ1v) is 15.7. The van der Waals surface area contributed by atoms with Crippen LogP contribution in [0.2, 0.25) is 0 Å². The highest BCUT2D eigenvalue weighted by Crippen LogP contribution is 2.23. The third-order valence-electron chi connectivity index (χ3n) is 7.01. The standard InChI is InChI=1S/C32H30N4O7S/c1-21(37)22-3-7-26(8-4-22)43-30-14-6-24(20-34-30)35-31(38)23-5-13-29(33-19-23)32(39)36-17-15-27(16-18-36)42-25-9-11-28(12-10-25)44(2,40)41/h3-14,19-20,27H,15-18H2,1-2H3,(H,35,38). The monoisotopic (exact) mass is 614 g/mol. The summed E-state index contributed by atoms with van der Waals surface area (Å²) >= 11 is 0. The molecule has 2 amide bonds. The van der Waals surface area contributed by atoms with Gasteiger partial charge >= 0.3 is 0 Å². The minimum absolute atomic E-state index is 0.0342. The summed E-state index contributed by atoms with van der Waals surface area (Å²) in [6, 6.07) is 19.3. The number of benzene rings is 2. The van der Waals surface area contributed by atoms with Crippen LogP contribution in [0.3, 0.4) is 0 Å². The minimum Gasteiger partial charge on any atom is -0.490 e. The van der Waals surface area contributed by atoms with Gasteiger partial charge in [-0.2, -0.15) is 0 Å². The van der Waals surface area contributed by atoms with Gasteiger partial charge in [-0.3, -0.25) is 19.4 Å². The zero-order chi connectivity index (χ0) is 31.3. The number of carbonyl (C=O) groups is 3. The maximum absolute atomic E-state index is 13.0. The zero-order valence-electron chi connectivity index (χ0n) is 24.1. The van der Waals surface area contributed by atoms with E-state index < -0.39 is 15.7 Å². The summed E-state index contributed by atoms with van der Waals surface area (Å²) in [5.41, 5.74) is 1.55. The van der Waals surface area contributed by atoms with Gasteiger partial charge in [0.2, 0.25) is 5.88 Å². The van der Waals surface area contributed by atoms with E-state index in [9.17, 15) is 22.8 Å². The number of ketones is 1. The number of nitrogens with one attached hydrogen (secondary N) is 1. The van der Waals surface area contributed by atoms with Crippen molar-refractivity contribution in [1.82, 2.24) is 14.9 Å². The molecule has 1 aliphatic heterocycles. The van der Waals surface area contributed by atoms with E-state index >= 15 is 0 Å². The van der Waals surface area contributed by atoms with Gasteiger partial charge in [-0.25, -0.2) is 13.4 Å². The van der Waals surface area contributed by atoms with Gasteiger partial charge in [0.15, 0.2) is 15.6 Å². The number of carbonyl (C=O) groups excluding carboxylic acids is 3. The van der Waals surface area contributed by atoms with E-state index in [0.717, 1.165) is 6.26 Å². The van der Waals surface area contributed by atoms with Crippen LogP contribution in [0.5, 0.6) is 17.4 Å². The molecule has 0 saturated carbocycles. The molecule has 12 heteroatoms. The molecular weight excluding hydrogens is 584 g/mol. The molecule has 4 aromatic rings. The number of anilines is 1. The highest BCUT2D eigenvalue weighted by molar-refractivity contribution is 7.90. The molecule has 1 N–H and O–H groups in total. The molecule has 0 radical (unpaired) electrons. The molecule has 2 aromatic heterocycles. The van der Waals surface area contributed by atoms with Gasteiger partial charge in [0.25, 0.3) is 11.8 Å². The Hall–Kier alpha value is -5.10. The van der Waals surface area contributed by atoms with Crippen molar-refractivity contribution < 1.29 is 32.3 Å². The smallest absolute Gasteiger partial charge is 0.272 e. The third kappa shape index (κ3) is 7.64. The fraction of sp³-hybridized carbons (Fsp3) is 0.219. The predicted octanol–water partition coefficient (Wildman–Crippen LogP) is 4.81. The van der Waals surface area contributed by atoms with Gasteiger partial charge in [0.05, 0.1) is 22.3 Å². The summed E-state index contributed by atoms with van der Waals surface area (Å²) in [5, 5.41) is 2.74. The lowest BCUT2D eigenvalue weighted by atomic mass is 10.1. The molecule has 2 aromatic carbocycles. The van der Waals surface area contributed by atoms with Crippen molar-refractivity contribution in [3.05, 3.63) is 102 Å². The summed E-state index contributed by atoms with van der Waals surface area (Å²) < 4.78 is 34.9. The number of Topliss-reactive ketones (excluding diaryl/α,β-unsaturated/α-hetero) is 1. The van der Waals surface area contributed by atoms with Gasteiger partial charge in [0.1, 0.15) is 23.3 Å². The van der Waals surface area contributed by atoms with E-state index in [1.807, 2.05) is 0 Å². The van der Waals surface area contributed by atoms with Crippen LogP contribution >= 0.6 is 0 Å². The van der Waals surface area contributed by atoms with E-state index in [4.69, 9.17) is 9.47 Å². The largest absolute Gasteiger partial charge is 0.490 e. The van der Waals surface area contributed by atoms with Crippen LogP contribution in [-0.4, -0.2) is 66.3 Å². The molecular formula is C32H30N4O7S. The van der Waals surface area contributed by atoms with Crippen LogP contribution in [0.15, 0.2) is 90.1 Å². The predicted molar refractivity (Wildman–Crippen MR) is 162 cm³/mol. The Balaban J connectivity index is 1.10. The number of hydrogen-bond acceptors (Lipinski definition) is 9. The summed E-state index contributed by atoms with van der Waals surface area (Å²) in [6.45, 7) is 2.45. The lowest BCUT2D eigenvalue weighted by Crippen LogP contribution is -2.42. The highest BCUT2D eigenvalue weighted by atomic mass is 32.2. The second-order valence-electron chi connectivity index (χ2n) is 10.3. The quantitative estimate of drug-likeness (QED) is 0.263. The molecule has 0 spiro atoms. The Morgan fingerprint density at radius 1 is 0.818 bits per heavy atom. The third-order valence-corrected chi connectivity index (χ3v) is 8.13. The maximum atomic E-state index is 13.0. The number of piperidine rings is 1. The zero-order valence-corrected chi connectivity index (χ0v) is 24.9. The summed E-state index contributed by atoms with van der Waals surface area (Å²) in [4.78, 5) is 47.5. The minimum atomic E-state index is -3.27. The lowest BCUT2D eigenvalue weighted by molar-refractivity contribution is 0.0589. The van der Waals surface area contributed by atoms with Crippen molar-refractivity contribution in [3.63, 3.8) is 0 Å². The van der Waals surface area contributed by atoms with E-state index in [1.165, 1.54) is 37.5 Å². The van der Waals surface area contributed by atoms with Crippen LogP contribution in [0, 0.1) is 0 Å². The Labute approximate surface area is 254 Å². The molecule has 1 aliphatic rings. The Bertz CT molecular complexity index is 1750. The van der Waals surface area contributed by atoms with Crippen molar-refractivity contribution in [2.24, 2.45) is 0 Å². The molecule has 5 rings (SSSR count). The van der Waals surface area contributed by atoms with Gasteiger partial charge < -0.3 is 19.7 Å². The fourth-order valence-electron chi connectivity index (χ4n) is 4.55. The molecule has 11 nitrogen and oxygen atoms in total. The SMILES string of the molecule is CC(=O)c1ccc(Oc2ccc(NC(=O)c3ccc(C(=O)N4CCC(Oc5ccc(S(C)(=O)=O)cc5)CC4)nc3)cn2)cc1. The van der Waals surface area contributed by atoms with Crippen LogP contribution in [0.4, 0.5) is 5.69 Å². The Kier molecular flexibility index (Phi) is 9.00. The molecule has 0 unspecified atom stereocenters. The van der Waals surface area contributed by atoms with Gasteiger partial charge in [-0.15, -0.1) is 0 Å². The van der Waals surface area contributed by atoms with Crippen molar-refractivity contribution in [2.45, 2.75) is 30.8 Å². The molecule has 44 heavy (non-hydrogen) atoms. The lowest BCUT2D eigenvalue weighted by Gasteiger charge is -2.32. The molecule has 3 heterocycles. The summed E-state index contributed by atoms with van der Waals surface area (Å²) in [5.74, 6) is 0.750. The van der Waals surface area contributed by atoms with E-state index in [2.05, 4.69) is 15.3 Å². The van der Waals surface area contributed by atoms with E-state index in [1.54, 1.807) is 59.5 Å². The number of amides is 2. The highest BCUT2D eigenvalue weighted by Gasteiger charge is 2.26. The van der Waals surface area contributed by atoms with Crippen LogP contribution < -0.4 is 14.8 Å². The second kappa shape index (κ2) is 13.0. The molecule has 0 aliphatic carbocycles. The number of ether oxygens (including phenoxy) is 2. The van der Waals surface area contributed by atoms with Crippen LogP contribution in [0.1, 0.15) is 51.0 Å². The number of aromatic nitrogens is 2. The number of likely N-dealkylation sites (tertiary alicyclic amines) is 1. The molecule has 1 saturated heterocycles. The molecule has 0 atom stereocenters. The van der Waals surface area contributed by atoms with Crippen molar-refractivity contribution >= 4 is 33.1 Å². The number of pyridine rings is 2. The molecule has 1 fully saturated rings. The normalized spacial score (nSPS) is 13.6. The number of rotatable bonds is 9. The fourth-order valence-corrected chi connectivity index (χ4v) is 5.18. The number of nitrogens with zero attached hydrogens (tertiary/aromatic N) is 3. The number of hydrogen-bond donors (Lipinski definition) is 1. The Morgan fingerprint density at radius 3 is 2.05 bits per heavy atom. The van der Waals surface area contributed by atoms with Crippen molar-refractivity contribution in [1.29, 1.82) is 0 Å². The van der Waals surface area contributed by atoms with Gasteiger partial charge in [-0.1, -0.05) is 0 Å². The van der Waals surface area contributed by atoms with Crippen molar-refractivity contribution in [3.8, 4) is 17.4 Å². The number of sulfone groups is 1.